The Morgan fingerprint density at radius 3 is 2.27 bits per heavy atom. The molecule has 0 heterocycles. The lowest BCUT2D eigenvalue weighted by molar-refractivity contribution is 0.982. The highest BCUT2D eigenvalue weighted by molar-refractivity contribution is 5.93. The third-order valence-electron chi connectivity index (χ3n) is 2.80. The van der Waals surface area contributed by atoms with Crippen LogP contribution in [0.15, 0.2) is 89.8 Å². The molecule has 4 N–H and O–H groups in total. The highest BCUT2D eigenvalue weighted by Gasteiger charge is 1.97. The van der Waals surface area contributed by atoms with Crippen molar-refractivity contribution in [1.29, 1.82) is 0 Å². The number of allylic oxidation sites excluding steroid dienone is 1. The van der Waals surface area contributed by atoms with Crippen LogP contribution in [0.1, 0.15) is 6.92 Å². The van der Waals surface area contributed by atoms with Crippen LogP contribution in [0.2, 0.25) is 0 Å². The molecule has 4 nitrogen and oxygen atoms in total. The van der Waals surface area contributed by atoms with Crippen molar-refractivity contribution >= 4 is 17.2 Å². The average Bonchev–Trinajstić information content (AvgIpc) is 2.48. The third-order valence-corrected chi connectivity index (χ3v) is 2.80. The summed E-state index contributed by atoms with van der Waals surface area (Å²) in [7, 11) is 0. The van der Waals surface area contributed by atoms with E-state index in [1.807, 2.05) is 67.6 Å². The fourth-order valence-corrected chi connectivity index (χ4v) is 1.91. The number of rotatable bonds is 6. The molecule has 0 bridgehead atoms. The van der Waals surface area contributed by atoms with Crippen LogP contribution in [0.4, 0.5) is 11.4 Å². The van der Waals surface area contributed by atoms with E-state index in [1.54, 1.807) is 6.08 Å². The molecule has 0 saturated carbocycles. The zero-order valence-electron chi connectivity index (χ0n) is 12.6. The molecule has 0 saturated heterocycles. The van der Waals surface area contributed by atoms with Gasteiger partial charge < -0.3 is 16.4 Å². The van der Waals surface area contributed by atoms with E-state index in [-0.39, 0.29) is 0 Å². The number of nitrogens with one attached hydrogen (secondary N) is 2. The molecule has 2 aromatic rings. The molecule has 0 aliphatic rings. The summed E-state index contributed by atoms with van der Waals surface area (Å²) in [4.78, 5) is 4.32. The largest absolute Gasteiger partial charge is 0.384 e. The minimum absolute atomic E-state index is 0.434. The van der Waals surface area contributed by atoms with Crippen molar-refractivity contribution in [2.75, 3.05) is 5.32 Å². The maximum absolute atomic E-state index is 5.92. The molecule has 0 aliphatic carbocycles. The van der Waals surface area contributed by atoms with Gasteiger partial charge >= 0.3 is 0 Å². The van der Waals surface area contributed by atoms with Crippen LogP contribution in [0.25, 0.3) is 0 Å². The molecule has 0 unspecified atom stereocenters. The van der Waals surface area contributed by atoms with E-state index in [2.05, 4.69) is 22.2 Å². The van der Waals surface area contributed by atoms with Gasteiger partial charge in [-0.1, -0.05) is 43.0 Å². The zero-order valence-corrected chi connectivity index (χ0v) is 12.6. The second-order valence-electron chi connectivity index (χ2n) is 4.79. The number of hydrogen-bond donors (Lipinski definition) is 3. The van der Waals surface area contributed by atoms with Crippen LogP contribution >= 0.6 is 0 Å². The monoisotopic (exact) mass is 292 g/mol. The normalized spacial score (nSPS) is 11.9. The van der Waals surface area contributed by atoms with Gasteiger partial charge in [-0.05, 0) is 37.3 Å². The predicted molar refractivity (Wildman–Crippen MR) is 93.8 cm³/mol. The smallest absolute Gasteiger partial charge is 0.125 e. The lowest BCUT2D eigenvalue weighted by Gasteiger charge is -2.12. The van der Waals surface area contributed by atoms with Gasteiger partial charge in [0.2, 0.25) is 0 Å². The van der Waals surface area contributed by atoms with Gasteiger partial charge in [0.15, 0.2) is 0 Å². The van der Waals surface area contributed by atoms with Crippen molar-refractivity contribution in [3.63, 3.8) is 0 Å². The van der Waals surface area contributed by atoms with Gasteiger partial charge in [0.1, 0.15) is 5.84 Å². The molecule has 2 aromatic carbocycles. The molecule has 0 radical (unpaired) electrons. The Balaban J connectivity index is 1.94. The number of aliphatic imine (C=N–C) groups is 1. The SMILES string of the molecule is C=C(NC(C)=CC(N)=Nc1ccccc1)Nc1ccccc1. The molecule has 0 atom stereocenters. The summed E-state index contributed by atoms with van der Waals surface area (Å²) in [5, 5.41) is 6.31. The average molecular weight is 292 g/mol. The van der Waals surface area contributed by atoms with E-state index in [4.69, 9.17) is 5.73 Å². The quantitative estimate of drug-likeness (QED) is 0.561. The number of hydrogen-bond acceptors (Lipinski definition) is 3. The maximum Gasteiger partial charge on any atom is 0.125 e. The lowest BCUT2D eigenvalue weighted by Crippen LogP contribution is -2.19. The minimum atomic E-state index is 0.434. The van der Waals surface area contributed by atoms with Gasteiger partial charge in [-0.3, -0.25) is 0 Å². The fraction of sp³-hybridized carbons (Fsp3) is 0.0556. The molecule has 112 valence electrons. The van der Waals surface area contributed by atoms with Gasteiger partial charge in [-0.2, -0.15) is 0 Å². The standard InChI is InChI=1S/C18H20N4/c1-14(13-18(19)22-17-11-7-4-8-12-17)20-15(2)21-16-9-5-3-6-10-16/h3-13,20-21H,2H2,1H3,(H2,19,22). The molecular weight excluding hydrogens is 272 g/mol. The van der Waals surface area contributed by atoms with E-state index in [1.165, 1.54) is 0 Å². The summed E-state index contributed by atoms with van der Waals surface area (Å²) < 4.78 is 0. The Morgan fingerprint density at radius 1 is 1.05 bits per heavy atom. The van der Waals surface area contributed by atoms with Crippen molar-refractivity contribution < 1.29 is 0 Å². The van der Waals surface area contributed by atoms with E-state index >= 15 is 0 Å². The summed E-state index contributed by atoms with van der Waals surface area (Å²) >= 11 is 0. The van der Waals surface area contributed by atoms with Gasteiger partial charge in [0.25, 0.3) is 0 Å². The zero-order chi connectivity index (χ0) is 15.8. The Labute approximate surface area is 131 Å². The second-order valence-corrected chi connectivity index (χ2v) is 4.79. The molecule has 0 aliphatic heterocycles. The first-order valence-electron chi connectivity index (χ1n) is 6.99. The summed E-state index contributed by atoms with van der Waals surface area (Å²) in [6.45, 7) is 5.85. The molecule has 0 fully saturated rings. The number of amidine groups is 1. The van der Waals surface area contributed by atoms with E-state index < -0.39 is 0 Å². The summed E-state index contributed by atoms with van der Waals surface area (Å²) in [5.41, 5.74) is 8.57. The topological polar surface area (TPSA) is 62.4 Å². The first kappa shape index (κ1) is 15.4. The first-order chi connectivity index (χ1) is 10.6. The van der Waals surface area contributed by atoms with Crippen LogP contribution in [0.5, 0.6) is 0 Å². The van der Waals surface area contributed by atoms with E-state index in [0.29, 0.717) is 11.7 Å². The highest BCUT2D eigenvalue weighted by atomic mass is 15.1. The Bertz CT molecular complexity index is 673. The van der Waals surface area contributed by atoms with Crippen molar-refractivity contribution in [1.82, 2.24) is 5.32 Å². The van der Waals surface area contributed by atoms with Crippen molar-refractivity contribution in [3.05, 3.63) is 84.8 Å². The molecule has 22 heavy (non-hydrogen) atoms. The van der Waals surface area contributed by atoms with E-state index in [0.717, 1.165) is 17.1 Å². The van der Waals surface area contributed by atoms with E-state index in [9.17, 15) is 0 Å². The summed E-state index contributed by atoms with van der Waals surface area (Å²) in [6, 6.07) is 19.4. The van der Waals surface area contributed by atoms with Crippen molar-refractivity contribution in [2.45, 2.75) is 6.92 Å². The predicted octanol–water partition coefficient (Wildman–Crippen LogP) is 3.75. The number of para-hydroxylation sites is 2. The van der Waals surface area contributed by atoms with Crippen LogP contribution in [0, 0.1) is 0 Å². The summed E-state index contributed by atoms with van der Waals surface area (Å²) in [6.07, 6.45) is 1.77. The fourth-order valence-electron chi connectivity index (χ4n) is 1.91. The Kier molecular flexibility index (Phi) is 5.37. The molecule has 2 rings (SSSR count). The lowest BCUT2D eigenvalue weighted by atomic mass is 10.3. The van der Waals surface area contributed by atoms with Crippen LogP contribution in [-0.4, -0.2) is 5.84 Å². The highest BCUT2D eigenvalue weighted by Crippen LogP contribution is 2.10. The van der Waals surface area contributed by atoms with Gasteiger partial charge in [-0.25, -0.2) is 4.99 Å². The number of nitrogens with zero attached hydrogens (tertiary/aromatic N) is 1. The number of benzene rings is 2. The second kappa shape index (κ2) is 7.69. The van der Waals surface area contributed by atoms with Gasteiger partial charge in [0.05, 0.1) is 11.5 Å². The summed E-state index contributed by atoms with van der Waals surface area (Å²) in [5.74, 6) is 1.11. The van der Waals surface area contributed by atoms with Gasteiger partial charge in [-0.15, -0.1) is 0 Å². The van der Waals surface area contributed by atoms with Crippen molar-refractivity contribution in [2.24, 2.45) is 10.7 Å². The van der Waals surface area contributed by atoms with Gasteiger partial charge in [0, 0.05) is 11.4 Å². The Hall–Kier alpha value is -3.01. The molecule has 0 aromatic heterocycles. The number of nitrogens with two attached hydrogens (primary N) is 1. The van der Waals surface area contributed by atoms with Crippen LogP contribution in [0.3, 0.4) is 0 Å². The minimum Gasteiger partial charge on any atom is -0.384 e. The third kappa shape index (κ3) is 5.17. The maximum atomic E-state index is 5.92. The number of anilines is 1. The van der Waals surface area contributed by atoms with Crippen molar-refractivity contribution in [3.8, 4) is 0 Å². The van der Waals surface area contributed by atoms with Crippen LogP contribution in [-0.2, 0) is 0 Å². The first-order valence-corrected chi connectivity index (χ1v) is 6.99. The molecule has 0 spiro atoms. The Morgan fingerprint density at radius 2 is 1.64 bits per heavy atom. The van der Waals surface area contributed by atoms with Crippen LogP contribution < -0.4 is 16.4 Å². The molecule has 0 amide bonds. The molecular formula is C18H20N4. The molecule has 4 heteroatoms.